The Kier molecular flexibility index (Phi) is 3.94. The number of methoxy groups -OCH3 is 2. The van der Waals surface area contributed by atoms with E-state index in [-0.39, 0.29) is 5.04 Å². The summed E-state index contributed by atoms with van der Waals surface area (Å²) >= 11 is 0. The van der Waals surface area contributed by atoms with Gasteiger partial charge in [0, 0.05) is 35.4 Å². The zero-order valence-corrected chi connectivity index (χ0v) is 11.4. The van der Waals surface area contributed by atoms with Crippen LogP contribution >= 0.6 is 0 Å². The van der Waals surface area contributed by atoms with Gasteiger partial charge in [-0.15, -0.1) is 0 Å². The van der Waals surface area contributed by atoms with Gasteiger partial charge in [-0.2, -0.15) is 0 Å². The van der Waals surface area contributed by atoms with Crippen molar-refractivity contribution >= 4 is 10.2 Å². The molecule has 0 heterocycles. The fourth-order valence-corrected chi connectivity index (χ4v) is 3.02. The number of hydrogen-bond donors (Lipinski definition) is 0. The molecule has 0 spiro atoms. The Morgan fingerprint density at radius 3 is 1.42 bits per heavy atom. The molecule has 0 saturated carbocycles. The molecular weight excluding hydrogens is 168 g/mol. The zero-order chi connectivity index (χ0) is 9.99. The second-order valence-electron chi connectivity index (χ2n) is 4.48. The van der Waals surface area contributed by atoms with Crippen LogP contribution in [0.2, 0.25) is 5.04 Å². The van der Waals surface area contributed by atoms with E-state index in [1.54, 1.807) is 14.2 Å². The summed E-state index contributed by atoms with van der Waals surface area (Å²) in [6, 6.07) is 0. The molecule has 0 bridgehead atoms. The standard InChI is InChI=1S/C9H22O2Si/c1-7(2)9(10-5,11-6)8(3,4)12/h7H,1-6,12H3. The van der Waals surface area contributed by atoms with Crippen molar-refractivity contribution < 1.29 is 9.47 Å². The van der Waals surface area contributed by atoms with Crippen molar-refractivity contribution in [1.29, 1.82) is 0 Å². The molecule has 0 amide bonds. The van der Waals surface area contributed by atoms with E-state index in [9.17, 15) is 0 Å². The van der Waals surface area contributed by atoms with Crippen LogP contribution in [0.3, 0.4) is 0 Å². The smallest absolute Gasteiger partial charge is 0.171 e. The molecule has 0 aromatic carbocycles. The van der Waals surface area contributed by atoms with Crippen LogP contribution in [0.4, 0.5) is 0 Å². The third kappa shape index (κ3) is 1.89. The van der Waals surface area contributed by atoms with E-state index < -0.39 is 5.79 Å². The van der Waals surface area contributed by atoms with Crippen LogP contribution in [0.1, 0.15) is 27.7 Å². The van der Waals surface area contributed by atoms with Gasteiger partial charge in [0.1, 0.15) is 0 Å². The Labute approximate surface area is 79.1 Å². The van der Waals surface area contributed by atoms with E-state index in [2.05, 4.69) is 27.7 Å². The Balaban J connectivity index is 4.83. The second-order valence-corrected chi connectivity index (χ2v) is 6.98. The number of hydrogen-bond acceptors (Lipinski definition) is 2. The SMILES string of the molecule is COC(OC)(C(C)C)C(C)(C)[SiH3]. The molecule has 2 nitrogen and oxygen atoms in total. The summed E-state index contributed by atoms with van der Waals surface area (Å²) < 4.78 is 11.1. The lowest BCUT2D eigenvalue weighted by Crippen LogP contribution is -2.48. The summed E-state index contributed by atoms with van der Waals surface area (Å²) in [6.45, 7) is 8.64. The van der Waals surface area contributed by atoms with E-state index in [1.807, 2.05) is 0 Å². The maximum atomic E-state index is 5.53. The minimum absolute atomic E-state index is 0.130. The van der Waals surface area contributed by atoms with E-state index in [0.717, 1.165) is 10.2 Å². The first-order valence-corrected chi connectivity index (χ1v) is 5.42. The van der Waals surface area contributed by atoms with Gasteiger partial charge in [0.25, 0.3) is 0 Å². The van der Waals surface area contributed by atoms with Crippen LogP contribution < -0.4 is 0 Å². The molecule has 74 valence electrons. The lowest BCUT2D eigenvalue weighted by Gasteiger charge is -2.45. The minimum Gasteiger partial charge on any atom is -0.353 e. The highest BCUT2D eigenvalue weighted by molar-refractivity contribution is 6.15. The molecule has 0 rings (SSSR count). The Hall–Kier alpha value is 0.137. The van der Waals surface area contributed by atoms with Crippen LogP contribution in [-0.2, 0) is 9.47 Å². The maximum Gasteiger partial charge on any atom is 0.171 e. The maximum absolute atomic E-state index is 5.53. The molecular formula is C9H22O2Si. The first-order valence-electron chi connectivity index (χ1n) is 4.42. The summed E-state index contributed by atoms with van der Waals surface area (Å²) in [5.41, 5.74) is 0. The minimum atomic E-state index is -0.417. The molecule has 0 aromatic rings. The Morgan fingerprint density at radius 2 is 1.42 bits per heavy atom. The van der Waals surface area contributed by atoms with Gasteiger partial charge in [0.15, 0.2) is 5.79 Å². The molecule has 0 unspecified atom stereocenters. The second kappa shape index (κ2) is 3.90. The molecule has 0 aliphatic heterocycles. The third-order valence-electron chi connectivity index (χ3n) is 2.41. The first-order chi connectivity index (χ1) is 5.31. The highest BCUT2D eigenvalue weighted by atomic mass is 28.1. The predicted octanol–water partition coefficient (Wildman–Crippen LogP) is 1.20. The molecule has 0 aliphatic rings. The highest BCUT2D eigenvalue weighted by Crippen LogP contribution is 2.43. The van der Waals surface area contributed by atoms with E-state index in [4.69, 9.17) is 9.47 Å². The zero-order valence-electron chi connectivity index (χ0n) is 9.39. The number of ether oxygens (including phenoxy) is 2. The first kappa shape index (κ1) is 12.1. The molecule has 0 fully saturated rings. The van der Waals surface area contributed by atoms with Gasteiger partial charge >= 0.3 is 0 Å². The topological polar surface area (TPSA) is 18.5 Å². The quantitative estimate of drug-likeness (QED) is 0.490. The third-order valence-corrected chi connectivity index (χ3v) is 3.11. The van der Waals surface area contributed by atoms with E-state index in [1.165, 1.54) is 0 Å². The van der Waals surface area contributed by atoms with Crippen molar-refractivity contribution in [2.24, 2.45) is 5.92 Å². The normalized spacial score (nSPS) is 14.2. The van der Waals surface area contributed by atoms with Gasteiger partial charge in [-0.3, -0.25) is 0 Å². The molecule has 0 saturated heterocycles. The summed E-state index contributed by atoms with van der Waals surface area (Å²) in [6.07, 6.45) is 0. The van der Waals surface area contributed by atoms with Crippen LogP contribution in [0, 0.1) is 5.92 Å². The van der Waals surface area contributed by atoms with Crippen molar-refractivity contribution in [2.45, 2.75) is 38.5 Å². The van der Waals surface area contributed by atoms with Crippen LogP contribution in [0.15, 0.2) is 0 Å². The Morgan fingerprint density at radius 1 is 1.08 bits per heavy atom. The van der Waals surface area contributed by atoms with Gasteiger partial charge in [0.05, 0.1) is 0 Å². The molecule has 0 N–H and O–H groups in total. The van der Waals surface area contributed by atoms with Crippen LogP contribution in [0.25, 0.3) is 0 Å². The number of rotatable bonds is 4. The van der Waals surface area contributed by atoms with Gasteiger partial charge in [-0.1, -0.05) is 27.7 Å². The molecule has 3 heteroatoms. The van der Waals surface area contributed by atoms with Gasteiger partial charge in [0.2, 0.25) is 0 Å². The lowest BCUT2D eigenvalue weighted by atomic mass is 9.90. The summed E-state index contributed by atoms with van der Waals surface area (Å²) in [7, 11) is 4.50. The van der Waals surface area contributed by atoms with Crippen LogP contribution in [-0.4, -0.2) is 30.2 Å². The van der Waals surface area contributed by atoms with Crippen molar-refractivity contribution in [3.8, 4) is 0 Å². The van der Waals surface area contributed by atoms with Crippen molar-refractivity contribution in [1.82, 2.24) is 0 Å². The largest absolute Gasteiger partial charge is 0.353 e. The summed E-state index contributed by atoms with van der Waals surface area (Å²) in [5.74, 6) is -0.0424. The van der Waals surface area contributed by atoms with E-state index in [0.29, 0.717) is 5.92 Å². The molecule has 0 radical (unpaired) electrons. The van der Waals surface area contributed by atoms with E-state index >= 15 is 0 Å². The van der Waals surface area contributed by atoms with Crippen molar-refractivity contribution in [3.63, 3.8) is 0 Å². The van der Waals surface area contributed by atoms with Crippen LogP contribution in [0.5, 0.6) is 0 Å². The molecule has 0 atom stereocenters. The Bertz CT molecular complexity index is 134. The summed E-state index contributed by atoms with van der Waals surface area (Å²) in [4.78, 5) is 0. The van der Waals surface area contributed by atoms with Gasteiger partial charge in [-0.05, 0) is 0 Å². The van der Waals surface area contributed by atoms with Crippen molar-refractivity contribution in [3.05, 3.63) is 0 Å². The van der Waals surface area contributed by atoms with Gasteiger partial charge < -0.3 is 9.47 Å². The lowest BCUT2D eigenvalue weighted by molar-refractivity contribution is -0.252. The van der Waals surface area contributed by atoms with Crippen molar-refractivity contribution in [2.75, 3.05) is 14.2 Å². The average molecular weight is 190 g/mol. The highest BCUT2D eigenvalue weighted by Gasteiger charge is 2.45. The molecule has 0 aromatic heterocycles. The van der Waals surface area contributed by atoms with Gasteiger partial charge in [-0.25, -0.2) is 0 Å². The predicted molar refractivity (Wildman–Crippen MR) is 55.6 cm³/mol. The monoisotopic (exact) mass is 190 g/mol. The summed E-state index contributed by atoms with van der Waals surface area (Å²) in [5, 5.41) is 0.130. The average Bonchev–Trinajstić information content (AvgIpc) is 1.87. The molecule has 0 aliphatic carbocycles. The fraction of sp³-hybridized carbons (Fsp3) is 1.00. The fourth-order valence-electron chi connectivity index (χ4n) is 2.03. The molecule has 12 heavy (non-hydrogen) atoms.